The summed E-state index contributed by atoms with van der Waals surface area (Å²) in [6.07, 6.45) is 0.784. The highest BCUT2D eigenvalue weighted by atomic mass is 32.1. The molecule has 0 aliphatic heterocycles. The van der Waals surface area contributed by atoms with Crippen molar-refractivity contribution in [2.75, 3.05) is 0 Å². The second kappa shape index (κ2) is 7.19. The van der Waals surface area contributed by atoms with Crippen LogP contribution in [0, 0.1) is 12.7 Å². The summed E-state index contributed by atoms with van der Waals surface area (Å²) in [6.45, 7) is 1.94. The number of aromatic nitrogens is 6. The molecule has 0 unspecified atom stereocenters. The Morgan fingerprint density at radius 1 is 1.30 bits per heavy atom. The van der Waals surface area contributed by atoms with Crippen molar-refractivity contribution in [3.63, 3.8) is 0 Å². The van der Waals surface area contributed by atoms with Crippen LogP contribution in [0.3, 0.4) is 0 Å². The molecule has 138 valence electrons. The van der Waals surface area contributed by atoms with E-state index < -0.39 is 0 Å². The summed E-state index contributed by atoms with van der Waals surface area (Å²) in [6, 6.07) is 5.76. The van der Waals surface area contributed by atoms with Gasteiger partial charge in [-0.2, -0.15) is 14.6 Å². The van der Waals surface area contributed by atoms with Crippen molar-refractivity contribution >= 4 is 22.2 Å². The Balaban J connectivity index is 1.29. The van der Waals surface area contributed by atoms with Crippen molar-refractivity contribution in [3.8, 4) is 11.4 Å². The van der Waals surface area contributed by atoms with E-state index in [9.17, 15) is 9.18 Å². The molecule has 9 nitrogen and oxygen atoms in total. The van der Waals surface area contributed by atoms with Crippen LogP contribution >= 0.6 is 11.3 Å². The van der Waals surface area contributed by atoms with Gasteiger partial charge in [-0.3, -0.25) is 4.79 Å². The molecular weight excluding hydrogens is 373 g/mol. The van der Waals surface area contributed by atoms with Crippen LogP contribution < -0.4 is 5.32 Å². The number of benzene rings is 1. The predicted molar refractivity (Wildman–Crippen MR) is 93.3 cm³/mol. The number of rotatable bonds is 6. The minimum Gasteiger partial charge on any atom is -0.347 e. The SMILES string of the molecule is Cc1nnc2sc(CCC(=O)NCc3nc(-c4ccc(F)cc4)no3)nn12. The van der Waals surface area contributed by atoms with E-state index in [4.69, 9.17) is 4.52 Å². The van der Waals surface area contributed by atoms with Gasteiger partial charge in [-0.25, -0.2) is 4.39 Å². The monoisotopic (exact) mass is 387 g/mol. The summed E-state index contributed by atoms with van der Waals surface area (Å²) in [7, 11) is 0. The topological polar surface area (TPSA) is 111 Å². The van der Waals surface area contributed by atoms with Crippen LogP contribution in [0.5, 0.6) is 0 Å². The van der Waals surface area contributed by atoms with Crippen molar-refractivity contribution in [2.45, 2.75) is 26.3 Å². The number of nitrogens with zero attached hydrogens (tertiary/aromatic N) is 6. The van der Waals surface area contributed by atoms with Gasteiger partial charge in [0.15, 0.2) is 5.82 Å². The van der Waals surface area contributed by atoms with Crippen LogP contribution in [0.2, 0.25) is 0 Å². The highest BCUT2D eigenvalue weighted by Gasteiger charge is 2.12. The molecule has 0 aliphatic carbocycles. The van der Waals surface area contributed by atoms with E-state index in [0.29, 0.717) is 28.6 Å². The standard InChI is InChI=1S/C16H14FN7O2S/c1-9-20-21-16-24(9)22-14(27-16)7-6-12(25)18-8-13-19-15(23-26-13)10-2-4-11(17)5-3-10/h2-5H,6-8H2,1H3,(H,18,25). The molecule has 4 aromatic rings. The number of fused-ring (bicyclic) bond motifs is 1. The van der Waals surface area contributed by atoms with E-state index in [-0.39, 0.29) is 30.6 Å². The molecule has 0 spiro atoms. The average molecular weight is 387 g/mol. The molecule has 11 heteroatoms. The van der Waals surface area contributed by atoms with Gasteiger partial charge in [0.2, 0.25) is 22.6 Å². The summed E-state index contributed by atoms with van der Waals surface area (Å²) < 4.78 is 19.7. The van der Waals surface area contributed by atoms with Crippen LogP contribution in [0.4, 0.5) is 4.39 Å². The third-order valence-electron chi connectivity index (χ3n) is 3.76. The van der Waals surface area contributed by atoms with E-state index in [2.05, 4.69) is 30.8 Å². The summed E-state index contributed by atoms with van der Waals surface area (Å²) in [5.74, 6) is 0.839. The Kier molecular flexibility index (Phi) is 4.59. The zero-order valence-electron chi connectivity index (χ0n) is 14.2. The van der Waals surface area contributed by atoms with Crippen molar-refractivity contribution in [3.05, 3.63) is 46.8 Å². The van der Waals surface area contributed by atoms with Gasteiger partial charge < -0.3 is 9.84 Å². The van der Waals surface area contributed by atoms with E-state index in [1.807, 2.05) is 6.92 Å². The Labute approximate surface area is 156 Å². The number of amides is 1. The van der Waals surface area contributed by atoms with Gasteiger partial charge in [0, 0.05) is 18.4 Å². The minimum atomic E-state index is -0.338. The number of halogens is 1. The fourth-order valence-electron chi connectivity index (χ4n) is 2.38. The number of nitrogens with one attached hydrogen (secondary N) is 1. The maximum atomic E-state index is 13.0. The number of carbonyl (C=O) groups is 1. The quantitative estimate of drug-likeness (QED) is 0.538. The van der Waals surface area contributed by atoms with Crippen molar-refractivity contribution in [2.24, 2.45) is 0 Å². The van der Waals surface area contributed by atoms with Crippen LogP contribution in [0.25, 0.3) is 16.3 Å². The van der Waals surface area contributed by atoms with E-state index in [0.717, 1.165) is 5.01 Å². The van der Waals surface area contributed by atoms with Crippen molar-refractivity contribution in [1.29, 1.82) is 0 Å². The van der Waals surface area contributed by atoms with Gasteiger partial charge in [-0.1, -0.05) is 16.5 Å². The molecule has 0 aliphatic rings. The van der Waals surface area contributed by atoms with Gasteiger partial charge in [-0.15, -0.1) is 10.2 Å². The molecule has 27 heavy (non-hydrogen) atoms. The summed E-state index contributed by atoms with van der Waals surface area (Å²) >= 11 is 1.41. The Hall–Kier alpha value is -3.21. The zero-order valence-corrected chi connectivity index (χ0v) is 15.0. The van der Waals surface area contributed by atoms with Gasteiger partial charge in [0.1, 0.15) is 10.8 Å². The zero-order chi connectivity index (χ0) is 18.8. The van der Waals surface area contributed by atoms with Gasteiger partial charge >= 0.3 is 0 Å². The van der Waals surface area contributed by atoms with Gasteiger partial charge in [-0.05, 0) is 31.2 Å². The first-order valence-electron chi connectivity index (χ1n) is 8.11. The Bertz CT molecular complexity index is 1090. The van der Waals surface area contributed by atoms with E-state index in [1.165, 1.54) is 23.5 Å². The lowest BCUT2D eigenvalue weighted by Gasteiger charge is -2.00. The fourth-order valence-corrected chi connectivity index (χ4v) is 3.26. The Morgan fingerprint density at radius 2 is 2.11 bits per heavy atom. The second-order valence-corrected chi connectivity index (χ2v) is 6.77. The van der Waals surface area contributed by atoms with Gasteiger partial charge in [0.25, 0.3) is 0 Å². The molecule has 1 amide bonds. The molecule has 0 atom stereocenters. The van der Waals surface area contributed by atoms with Crippen molar-refractivity contribution < 1.29 is 13.7 Å². The van der Waals surface area contributed by atoms with E-state index >= 15 is 0 Å². The maximum absolute atomic E-state index is 13.0. The van der Waals surface area contributed by atoms with Gasteiger partial charge in [0.05, 0.1) is 6.54 Å². The van der Waals surface area contributed by atoms with Crippen molar-refractivity contribution in [1.82, 2.24) is 35.3 Å². The number of aryl methyl sites for hydroxylation is 2. The molecule has 0 fully saturated rings. The molecule has 0 saturated carbocycles. The molecular formula is C16H14FN7O2S. The fraction of sp³-hybridized carbons (Fsp3) is 0.250. The number of carbonyl (C=O) groups excluding carboxylic acids is 1. The molecule has 0 radical (unpaired) electrons. The minimum absolute atomic E-state index is 0.122. The molecule has 3 heterocycles. The second-order valence-electron chi connectivity index (χ2n) is 5.73. The Morgan fingerprint density at radius 3 is 2.89 bits per heavy atom. The van der Waals surface area contributed by atoms with Crippen LogP contribution in [-0.2, 0) is 17.8 Å². The highest BCUT2D eigenvalue weighted by molar-refractivity contribution is 7.16. The molecule has 0 bridgehead atoms. The smallest absolute Gasteiger partial charge is 0.246 e. The third-order valence-corrected chi connectivity index (χ3v) is 4.72. The molecule has 0 saturated heterocycles. The largest absolute Gasteiger partial charge is 0.347 e. The lowest BCUT2D eigenvalue weighted by Crippen LogP contribution is -2.23. The number of hydrogen-bond donors (Lipinski definition) is 1. The third kappa shape index (κ3) is 3.82. The van der Waals surface area contributed by atoms with E-state index in [1.54, 1.807) is 16.6 Å². The van der Waals surface area contributed by atoms with Crippen LogP contribution in [-0.4, -0.2) is 35.9 Å². The maximum Gasteiger partial charge on any atom is 0.246 e. The average Bonchev–Trinajstić information content (AvgIpc) is 3.37. The lowest BCUT2D eigenvalue weighted by atomic mass is 10.2. The normalized spacial score (nSPS) is 11.2. The predicted octanol–water partition coefficient (Wildman–Crippen LogP) is 1.93. The first-order valence-corrected chi connectivity index (χ1v) is 8.93. The molecule has 3 aromatic heterocycles. The van der Waals surface area contributed by atoms with Crippen LogP contribution in [0.15, 0.2) is 28.8 Å². The summed E-state index contributed by atoms with van der Waals surface area (Å²) in [5.41, 5.74) is 0.635. The molecule has 1 aromatic carbocycles. The molecule has 1 N–H and O–H groups in total. The molecule has 4 rings (SSSR count). The number of hydrogen-bond acceptors (Lipinski definition) is 8. The summed E-state index contributed by atoms with van der Waals surface area (Å²) in [4.78, 5) is 16.9. The first kappa shape index (κ1) is 17.2. The summed E-state index contributed by atoms with van der Waals surface area (Å²) in [5, 5.41) is 19.7. The lowest BCUT2D eigenvalue weighted by molar-refractivity contribution is -0.121. The van der Waals surface area contributed by atoms with Crippen LogP contribution in [0.1, 0.15) is 23.1 Å². The first-order chi connectivity index (χ1) is 13.1. The highest BCUT2D eigenvalue weighted by Crippen LogP contribution is 2.17.